The number of aromatic nitrogens is 3. The largest absolute Gasteiger partial charge is 0.294 e. The molecule has 0 radical (unpaired) electrons. The molecule has 10 heteroatoms. The van der Waals surface area contributed by atoms with Crippen LogP contribution in [0.2, 0.25) is 0 Å². The molecule has 4 aromatic rings. The molecule has 0 saturated heterocycles. The van der Waals surface area contributed by atoms with Crippen molar-refractivity contribution in [2.24, 2.45) is 5.92 Å². The lowest BCUT2D eigenvalue weighted by Gasteiger charge is -2.22. The SMILES string of the molecule is O=C(Nc1ncc(-c2ccc(CN(Cc3cccnc3)S(=O)(=O)c3ccc(Br)cc3)cc2)cn1)C1CCCCC1. The topological polar surface area (TPSA) is 105 Å². The molecule has 2 heterocycles. The first-order chi connectivity index (χ1) is 19.4. The first-order valence-electron chi connectivity index (χ1n) is 13.3. The number of amides is 1. The number of sulfonamides is 1. The fourth-order valence-corrected chi connectivity index (χ4v) is 6.48. The first kappa shape index (κ1) is 28.1. The van der Waals surface area contributed by atoms with Crippen LogP contribution in [-0.4, -0.2) is 33.6 Å². The van der Waals surface area contributed by atoms with Crippen LogP contribution in [0.5, 0.6) is 0 Å². The van der Waals surface area contributed by atoms with E-state index in [9.17, 15) is 13.2 Å². The van der Waals surface area contributed by atoms with Crippen molar-refractivity contribution in [2.75, 3.05) is 5.32 Å². The molecule has 1 N–H and O–H groups in total. The number of benzene rings is 2. The van der Waals surface area contributed by atoms with Crippen molar-refractivity contribution in [3.05, 3.63) is 101 Å². The molecular weight excluding hydrogens is 590 g/mol. The summed E-state index contributed by atoms with van der Waals surface area (Å²) in [6.07, 6.45) is 11.9. The molecule has 0 spiro atoms. The number of pyridine rings is 1. The summed E-state index contributed by atoms with van der Waals surface area (Å²) >= 11 is 3.37. The molecule has 8 nitrogen and oxygen atoms in total. The lowest BCUT2D eigenvalue weighted by molar-refractivity contribution is -0.120. The Morgan fingerprint density at radius 1 is 0.850 bits per heavy atom. The van der Waals surface area contributed by atoms with Crippen LogP contribution in [0.3, 0.4) is 0 Å². The van der Waals surface area contributed by atoms with E-state index in [0.29, 0.717) is 5.95 Å². The maximum Gasteiger partial charge on any atom is 0.243 e. The predicted octanol–water partition coefficient (Wildman–Crippen LogP) is 6.21. The van der Waals surface area contributed by atoms with Crippen LogP contribution in [0.15, 0.2) is 94.8 Å². The van der Waals surface area contributed by atoms with Crippen molar-refractivity contribution in [2.45, 2.75) is 50.1 Å². The molecular formula is C30H30BrN5O3S. The Hall–Kier alpha value is -3.47. The Morgan fingerprint density at radius 2 is 1.52 bits per heavy atom. The Labute approximate surface area is 243 Å². The average Bonchev–Trinajstić information content (AvgIpc) is 2.99. The van der Waals surface area contributed by atoms with Crippen LogP contribution in [0.25, 0.3) is 11.1 Å². The molecule has 2 aromatic heterocycles. The molecule has 0 bridgehead atoms. The molecule has 0 aliphatic heterocycles. The number of hydrogen-bond donors (Lipinski definition) is 1. The van der Waals surface area contributed by atoms with Gasteiger partial charge in [-0.1, -0.05) is 65.5 Å². The summed E-state index contributed by atoms with van der Waals surface area (Å²) < 4.78 is 29.5. The first-order valence-corrected chi connectivity index (χ1v) is 15.5. The van der Waals surface area contributed by atoms with E-state index < -0.39 is 10.0 Å². The third-order valence-corrected chi connectivity index (χ3v) is 9.38. The standard InChI is InChI=1S/C30H30BrN5O3S/c31-27-12-14-28(15-13-27)40(38,39)36(21-23-5-4-16-32-17-23)20-22-8-10-24(11-9-22)26-18-33-30(34-19-26)35-29(37)25-6-2-1-3-7-25/h4-5,8-19,25H,1-3,6-7,20-21H2,(H,33,34,35,37). The number of anilines is 1. The Bertz CT molecular complexity index is 1530. The fraction of sp³-hybridized carbons (Fsp3) is 0.267. The third kappa shape index (κ3) is 6.99. The number of halogens is 1. The highest BCUT2D eigenvalue weighted by Gasteiger charge is 2.25. The molecule has 40 heavy (non-hydrogen) atoms. The van der Waals surface area contributed by atoms with E-state index in [0.717, 1.165) is 52.4 Å². The van der Waals surface area contributed by atoms with E-state index in [4.69, 9.17) is 0 Å². The summed E-state index contributed by atoms with van der Waals surface area (Å²) in [5, 5.41) is 2.84. The molecule has 1 aliphatic carbocycles. The second-order valence-corrected chi connectivity index (χ2v) is 12.8. The van der Waals surface area contributed by atoms with E-state index >= 15 is 0 Å². The maximum absolute atomic E-state index is 13.6. The maximum atomic E-state index is 13.6. The van der Waals surface area contributed by atoms with E-state index in [1.54, 1.807) is 55.1 Å². The Balaban J connectivity index is 1.30. The van der Waals surface area contributed by atoms with Gasteiger partial charge < -0.3 is 0 Å². The minimum atomic E-state index is -3.77. The van der Waals surface area contributed by atoms with Gasteiger partial charge in [0.1, 0.15) is 0 Å². The molecule has 0 atom stereocenters. The van der Waals surface area contributed by atoms with Gasteiger partial charge in [0.05, 0.1) is 4.90 Å². The summed E-state index contributed by atoms with van der Waals surface area (Å²) in [4.78, 5) is 25.5. The van der Waals surface area contributed by atoms with E-state index in [1.807, 2.05) is 30.3 Å². The average molecular weight is 621 g/mol. The van der Waals surface area contributed by atoms with E-state index in [-0.39, 0.29) is 29.8 Å². The van der Waals surface area contributed by atoms with Gasteiger partial charge in [-0.2, -0.15) is 4.31 Å². The van der Waals surface area contributed by atoms with Gasteiger partial charge in [0.15, 0.2) is 0 Å². The van der Waals surface area contributed by atoms with E-state index in [2.05, 4.69) is 36.2 Å². The highest BCUT2D eigenvalue weighted by molar-refractivity contribution is 9.10. The Morgan fingerprint density at radius 3 is 2.17 bits per heavy atom. The summed E-state index contributed by atoms with van der Waals surface area (Å²) in [5.74, 6) is 0.334. The second kappa shape index (κ2) is 12.8. The number of nitrogens with zero attached hydrogens (tertiary/aromatic N) is 4. The predicted molar refractivity (Wildman–Crippen MR) is 157 cm³/mol. The summed E-state index contributed by atoms with van der Waals surface area (Å²) in [6.45, 7) is 0.381. The molecule has 206 valence electrons. The zero-order chi connectivity index (χ0) is 28.0. The van der Waals surface area contributed by atoms with Crippen molar-refractivity contribution in [1.29, 1.82) is 0 Å². The number of carbonyl (C=O) groups is 1. The zero-order valence-electron chi connectivity index (χ0n) is 21.9. The fourth-order valence-electron chi connectivity index (χ4n) is 4.80. The van der Waals surface area contributed by atoms with Crippen LogP contribution in [0.4, 0.5) is 5.95 Å². The van der Waals surface area contributed by atoms with Crippen molar-refractivity contribution in [1.82, 2.24) is 19.3 Å². The van der Waals surface area contributed by atoms with Gasteiger partial charge in [0, 0.05) is 53.8 Å². The minimum Gasteiger partial charge on any atom is -0.294 e. The zero-order valence-corrected chi connectivity index (χ0v) is 24.3. The molecule has 1 amide bonds. The number of rotatable bonds is 9. The second-order valence-electron chi connectivity index (χ2n) is 9.90. The molecule has 5 rings (SSSR count). The van der Waals surface area contributed by atoms with Crippen molar-refractivity contribution in [3.63, 3.8) is 0 Å². The summed E-state index contributed by atoms with van der Waals surface area (Å²) in [7, 11) is -3.77. The summed E-state index contributed by atoms with van der Waals surface area (Å²) in [6, 6.07) is 17.9. The quantitative estimate of drug-likeness (QED) is 0.239. The highest BCUT2D eigenvalue weighted by atomic mass is 79.9. The number of nitrogens with one attached hydrogen (secondary N) is 1. The van der Waals surface area contributed by atoms with Gasteiger partial charge in [0.2, 0.25) is 21.9 Å². The Kier molecular flexibility index (Phi) is 8.98. The van der Waals surface area contributed by atoms with Gasteiger partial charge >= 0.3 is 0 Å². The molecule has 0 unspecified atom stereocenters. The molecule has 1 aliphatic rings. The van der Waals surface area contributed by atoms with Gasteiger partial charge in [-0.3, -0.25) is 15.1 Å². The lowest BCUT2D eigenvalue weighted by Crippen LogP contribution is -2.30. The van der Waals surface area contributed by atoms with Crippen molar-refractivity contribution in [3.8, 4) is 11.1 Å². The number of hydrogen-bond acceptors (Lipinski definition) is 6. The van der Waals surface area contributed by atoms with Crippen LogP contribution >= 0.6 is 15.9 Å². The molecule has 1 saturated carbocycles. The molecule has 2 aromatic carbocycles. The molecule has 1 fully saturated rings. The van der Waals surface area contributed by atoms with Crippen LogP contribution in [0, 0.1) is 5.92 Å². The van der Waals surface area contributed by atoms with E-state index in [1.165, 1.54) is 10.7 Å². The summed E-state index contributed by atoms with van der Waals surface area (Å²) in [5.41, 5.74) is 3.33. The number of carbonyl (C=O) groups excluding carboxylic acids is 1. The third-order valence-electron chi connectivity index (χ3n) is 7.04. The smallest absolute Gasteiger partial charge is 0.243 e. The monoisotopic (exact) mass is 619 g/mol. The van der Waals surface area contributed by atoms with Crippen molar-refractivity contribution < 1.29 is 13.2 Å². The van der Waals surface area contributed by atoms with Gasteiger partial charge in [-0.05, 0) is 59.9 Å². The van der Waals surface area contributed by atoms with Crippen LogP contribution in [0.1, 0.15) is 43.2 Å². The lowest BCUT2D eigenvalue weighted by atomic mass is 9.89. The van der Waals surface area contributed by atoms with Crippen LogP contribution in [-0.2, 0) is 27.9 Å². The van der Waals surface area contributed by atoms with Gasteiger partial charge in [-0.15, -0.1) is 0 Å². The highest BCUT2D eigenvalue weighted by Crippen LogP contribution is 2.26. The van der Waals surface area contributed by atoms with Crippen LogP contribution < -0.4 is 5.32 Å². The van der Waals surface area contributed by atoms with Gasteiger partial charge in [-0.25, -0.2) is 18.4 Å². The normalized spacial score (nSPS) is 14.2. The minimum absolute atomic E-state index is 0.00858. The van der Waals surface area contributed by atoms with Gasteiger partial charge in [0.25, 0.3) is 0 Å². The van der Waals surface area contributed by atoms with Crippen molar-refractivity contribution >= 4 is 37.8 Å².